The zero-order valence-corrected chi connectivity index (χ0v) is 18.3. The van der Waals surface area contributed by atoms with Crippen molar-refractivity contribution in [3.05, 3.63) is 58.7 Å². The molecular weight excluding hydrogens is 362 g/mol. The van der Waals surface area contributed by atoms with Crippen LogP contribution in [-0.4, -0.2) is 24.7 Å². The van der Waals surface area contributed by atoms with Gasteiger partial charge >= 0.3 is 0 Å². The first-order valence-electron chi connectivity index (χ1n) is 10.5. The third-order valence-electron chi connectivity index (χ3n) is 5.35. The van der Waals surface area contributed by atoms with Gasteiger partial charge < -0.3 is 14.8 Å². The Kier molecular flexibility index (Phi) is 6.51. The molecule has 4 nitrogen and oxygen atoms in total. The van der Waals surface area contributed by atoms with Crippen molar-refractivity contribution in [3.63, 3.8) is 0 Å². The Morgan fingerprint density at radius 2 is 2.00 bits per heavy atom. The van der Waals surface area contributed by atoms with Gasteiger partial charge in [-0.1, -0.05) is 38.1 Å². The van der Waals surface area contributed by atoms with Crippen LogP contribution in [0, 0.1) is 6.92 Å². The van der Waals surface area contributed by atoms with E-state index >= 15 is 0 Å². The van der Waals surface area contributed by atoms with E-state index in [1.165, 1.54) is 16.7 Å². The minimum atomic E-state index is -0.112. The maximum atomic E-state index is 12.3. The van der Waals surface area contributed by atoms with Gasteiger partial charge in [0, 0.05) is 0 Å². The number of aryl methyl sites for hydroxylation is 2. The van der Waals surface area contributed by atoms with E-state index in [0.29, 0.717) is 25.5 Å². The highest BCUT2D eigenvalue weighted by molar-refractivity contribution is 5.78. The number of hydrogen-bond acceptors (Lipinski definition) is 3. The number of benzene rings is 2. The van der Waals surface area contributed by atoms with Crippen LogP contribution in [0.2, 0.25) is 0 Å². The van der Waals surface area contributed by atoms with Crippen molar-refractivity contribution in [2.45, 2.75) is 65.4 Å². The van der Waals surface area contributed by atoms with Gasteiger partial charge in [0.2, 0.25) is 5.91 Å². The topological polar surface area (TPSA) is 47.6 Å². The summed E-state index contributed by atoms with van der Waals surface area (Å²) in [4.78, 5) is 12.3. The quantitative estimate of drug-likeness (QED) is 0.674. The molecule has 1 N–H and O–H groups in total. The fraction of sp³-hybridized carbons (Fsp3) is 0.480. The number of fused-ring (bicyclic) bond motifs is 1. The second-order valence-electron chi connectivity index (χ2n) is 8.88. The Hall–Kier alpha value is -2.49. The minimum absolute atomic E-state index is 0.0129. The van der Waals surface area contributed by atoms with Gasteiger partial charge in [-0.2, -0.15) is 0 Å². The molecule has 3 rings (SSSR count). The first-order chi connectivity index (χ1) is 13.7. The van der Waals surface area contributed by atoms with Crippen LogP contribution >= 0.6 is 0 Å². The van der Waals surface area contributed by atoms with Crippen LogP contribution in [0.4, 0.5) is 0 Å². The van der Waals surface area contributed by atoms with Crippen molar-refractivity contribution < 1.29 is 14.3 Å². The third kappa shape index (κ3) is 5.75. The molecule has 2 aromatic carbocycles. The molecule has 1 aliphatic heterocycles. The summed E-state index contributed by atoms with van der Waals surface area (Å²) >= 11 is 0. The summed E-state index contributed by atoms with van der Waals surface area (Å²) in [5, 5.41) is 2.96. The largest absolute Gasteiger partial charge is 0.491 e. The Morgan fingerprint density at radius 3 is 2.76 bits per heavy atom. The molecule has 29 heavy (non-hydrogen) atoms. The second-order valence-corrected chi connectivity index (χ2v) is 8.88. The van der Waals surface area contributed by atoms with Gasteiger partial charge in [0.25, 0.3) is 0 Å². The lowest BCUT2D eigenvalue weighted by Gasteiger charge is -2.32. The van der Waals surface area contributed by atoms with Crippen molar-refractivity contribution in [1.29, 1.82) is 0 Å². The third-order valence-corrected chi connectivity index (χ3v) is 5.35. The van der Waals surface area contributed by atoms with E-state index in [0.717, 1.165) is 29.9 Å². The van der Waals surface area contributed by atoms with E-state index in [4.69, 9.17) is 9.47 Å². The van der Waals surface area contributed by atoms with E-state index in [1.807, 2.05) is 12.1 Å². The van der Waals surface area contributed by atoms with E-state index < -0.39 is 0 Å². The number of amides is 1. The Bertz CT molecular complexity index is 870. The van der Waals surface area contributed by atoms with E-state index in [-0.39, 0.29) is 11.5 Å². The molecule has 0 aliphatic carbocycles. The monoisotopic (exact) mass is 395 g/mol. The predicted molar refractivity (Wildman–Crippen MR) is 117 cm³/mol. The number of hydrogen-bond donors (Lipinski definition) is 1. The Morgan fingerprint density at radius 1 is 1.21 bits per heavy atom. The van der Waals surface area contributed by atoms with E-state index in [2.05, 4.69) is 64.2 Å². The summed E-state index contributed by atoms with van der Waals surface area (Å²) in [5.41, 5.74) is 4.47. The van der Waals surface area contributed by atoms with Crippen LogP contribution in [0.15, 0.2) is 36.4 Å². The van der Waals surface area contributed by atoms with Crippen LogP contribution in [-0.2, 0) is 17.6 Å². The van der Waals surface area contributed by atoms with Crippen molar-refractivity contribution in [3.8, 4) is 11.5 Å². The van der Waals surface area contributed by atoms with Crippen LogP contribution in [0.3, 0.4) is 0 Å². The number of nitrogens with one attached hydrogen (secondary N) is 1. The summed E-state index contributed by atoms with van der Waals surface area (Å²) in [6.07, 6.45) is 2.35. The lowest BCUT2D eigenvalue weighted by atomic mass is 9.93. The molecule has 0 unspecified atom stereocenters. The van der Waals surface area contributed by atoms with Crippen LogP contribution in [0.1, 0.15) is 62.3 Å². The Balaban J connectivity index is 1.48. The predicted octanol–water partition coefficient (Wildman–Crippen LogP) is 4.96. The molecule has 0 aromatic heterocycles. The maximum absolute atomic E-state index is 12.3. The van der Waals surface area contributed by atoms with Gasteiger partial charge in [0.15, 0.2) is 0 Å². The lowest BCUT2D eigenvalue weighted by molar-refractivity contribution is -0.120. The van der Waals surface area contributed by atoms with E-state index in [9.17, 15) is 4.79 Å². The number of rotatable bonds is 7. The number of ether oxygens (including phenoxy) is 2. The fourth-order valence-electron chi connectivity index (χ4n) is 3.66. The summed E-state index contributed by atoms with van der Waals surface area (Å²) in [7, 11) is 0. The van der Waals surface area contributed by atoms with Crippen LogP contribution in [0.5, 0.6) is 11.5 Å². The standard InChI is InChI=1S/C25H33NO3/c1-17(2)21-8-6-18(3)14-23(21)28-13-12-26-24(27)16-19-7-9-22-20(15-19)10-11-25(4,5)29-22/h6-9,14-15,17H,10-13,16H2,1-5H3,(H,26,27). The summed E-state index contributed by atoms with van der Waals surface area (Å²) in [6.45, 7) is 11.5. The first-order valence-corrected chi connectivity index (χ1v) is 10.5. The van der Waals surface area contributed by atoms with Crippen LogP contribution in [0.25, 0.3) is 0 Å². The molecule has 0 spiro atoms. The zero-order valence-electron chi connectivity index (χ0n) is 18.3. The number of carbonyl (C=O) groups excluding carboxylic acids is 1. The van der Waals surface area contributed by atoms with Gasteiger partial charge in [-0.25, -0.2) is 0 Å². The van der Waals surface area contributed by atoms with Gasteiger partial charge in [0.1, 0.15) is 23.7 Å². The minimum Gasteiger partial charge on any atom is -0.491 e. The van der Waals surface area contributed by atoms with Gasteiger partial charge in [-0.15, -0.1) is 0 Å². The SMILES string of the molecule is Cc1ccc(C(C)C)c(OCCNC(=O)Cc2ccc3c(c2)CCC(C)(C)O3)c1. The summed E-state index contributed by atoms with van der Waals surface area (Å²) in [6, 6.07) is 12.4. The summed E-state index contributed by atoms with van der Waals surface area (Å²) < 4.78 is 12.0. The molecular formula is C25H33NO3. The lowest BCUT2D eigenvalue weighted by Crippen LogP contribution is -2.32. The molecule has 0 saturated carbocycles. The highest BCUT2D eigenvalue weighted by atomic mass is 16.5. The van der Waals surface area contributed by atoms with Crippen LogP contribution < -0.4 is 14.8 Å². The van der Waals surface area contributed by atoms with Crippen molar-refractivity contribution >= 4 is 5.91 Å². The molecule has 1 amide bonds. The Labute approximate surface area is 174 Å². The van der Waals surface area contributed by atoms with Gasteiger partial charge in [-0.05, 0) is 73.9 Å². The summed E-state index contributed by atoms with van der Waals surface area (Å²) in [5.74, 6) is 2.27. The smallest absolute Gasteiger partial charge is 0.224 e. The maximum Gasteiger partial charge on any atom is 0.224 e. The second kappa shape index (κ2) is 8.89. The molecule has 4 heteroatoms. The average Bonchev–Trinajstić information content (AvgIpc) is 2.64. The molecule has 0 fully saturated rings. The fourth-order valence-corrected chi connectivity index (χ4v) is 3.66. The van der Waals surface area contributed by atoms with Crippen molar-refractivity contribution in [2.75, 3.05) is 13.2 Å². The molecule has 0 saturated heterocycles. The molecule has 1 heterocycles. The van der Waals surface area contributed by atoms with Gasteiger partial charge in [-0.3, -0.25) is 4.79 Å². The normalized spacial score (nSPS) is 14.8. The number of carbonyl (C=O) groups is 1. The first kappa shape index (κ1) is 21.2. The highest BCUT2D eigenvalue weighted by Gasteiger charge is 2.26. The van der Waals surface area contributed by atoms with Gasteiger partial charge in [0.05, 0.1) is 13.0 Å². The van der Waals surface area contributed by atoms with Crippen molar-refractivity contribution in [1.82, 2.24) is 5.32 Å². The molecule has 0 radical (unpaired) electrons. The molecule has 1 aliphatic rings. The highest BCUT2D eigenvalue weighted by Crippen LogP contribution is 2.33. The molecule has 0 atom stereocenters. The molecule has 0 bridgehead atoms. The zero-order chi connectivity index (χ0) is 21.0. The average molecular weight is 396 g/mol. The van der Waals surface area contributed by atoms with Crippen molar-refractivity contribution in [2.24, 2.45) is 0 Å². The molecule has 156 valence electrons. The molecule has 2 aromatic rings. The van der Waals surface area contributed by atoms with E-state index in [1.54, 1.807) is 0 Å².